The minimum Gasteiger partial charge on any atom is -0.489 e. The minimum atomic E-state index is -0.372. The summed E-state index contributed by atoms with van der Waals surface area (Å²) in [5, 5.41) is 3.49. The topological polar surface area (TPSA) is 88.2 Å². The van der Waals surface area contributed by atoms with Crippen molar-refractivity contribution in [3.63, 3.8) is 0 Å². The average Bonchev–Trinajstić information content (AvgIpc) is 2.96. The van der Waals surface area contributed by atoms with Crippen LogP contribution in [-0.2, 0) is 27.5 Å². The zero-order chi connectivity index (χ0) is 28.5. The molecule has 0 atom stereocenters. The van der Waals surface area contributed by atoms with Crippen molar-refractivity contribution in [2.75, 3.05) is 39.8 Å². The summed E-state index contributed by atoms with van der Waals surface area (Å²) in [6.45, 7) is 5.90. The summed E-state index contributed by atoms with van der Waals surface area (Å²) in [5.74, 6) is 0.313. The Morgan fingerprint density at radius 1 is 0.975 bits per heavy atom. The van der Waals surface area contributed by atoms with E-state index in [1.807, 2.05) is 29.2 Å². The van der Waals surface area contributed by atoms with Gasteiger partial charge in [-0.1, -0.05) is 49.9 Å². The molecular weight excluding hydrogens is 530 g/mol. The van der Waals surface area contributed by atoms with E-state index in [0.29, 0.717) is 43.2 Å². The summed E-state index contributed by atoms with van der Waals surface area (Å²) < 4.78 is 10.9. The van der Waals surface area contributed by atoms with Crippen molar-refractivity contribution in [2.45, 2.75) is 58.6 Å². The van der Waals surface area contributed by atoms with Gasteiger partial charge < -0.3 is 19.7 Å². The molecule has 1 aliphatic heterocycles. The molecule has 2 fully saturated rings. The molecule has 0 unspecified atom stereocenters. The molecule has 216 valence electrons. The van der Waals surface area contributed by atoms with E-state index in [0.717, 1.165) is 42.8 Å². The van der Waals surface area contributed by atoms with Crippen LogP contribution in [0, 0.1) is 5.41 Å². The third kappa shape index (κ3) is 8.45. The number of rotatable bonds is 10. The molecule has 0 radical (unpaired) electrons. The third-order valence-electron chi connectivity index (χ3n) is 8.00. The maximum Gasteiger partial charge on any atom is 0.337 e. The first kappa shape index (κ1) is 29.9. The molecule has 4 rings (SSSR count). The monoisotopic (exact) mass is 569 g/mol. The third-order valence-corrected chi connectivity index (χ3v) is 8.23. The molecule has 0 bridgehead atoms. The predicted molar refractivity (Wildman–Crippen MR) is 154 cm³/mol. The fourth-order valence-electron chi connectivity index (χ4n) is 5.54. The van der Waals surface area contributed by atoms with Crippen LogP contribution in [0.25, 0.3) is 0 Å². The molecule has 0 aromatic heterocycles. The van der Waals surface area contributed by atoms with Crippen molar-refractivity contribution in [3.05, 3.63) is 64.2 Å². The number of halogens is 1. The summed E-state index contributed by atoms with van der Waals surface area (Å²) in [4.78, 5) is 41.0. The molecule has 2 aromatic carbocycles. The highest BCUT2D eigenvalue weighted by molar-refractivity contribution is 6.30. The van der Waals surface area contributed by atoms with Gasteiger partial charge in [0.25, 0.3) is 0 Å². The van der Waals surface area contributed by atoms with Crippen molar-refractivity contribution in [1.29, 1.82) is 0 Å². The molecule has 40 heavy (non-hydrogen) atoms. The Hall–Kier alpha value is -3.10. The Kier molecular flexibility index (Phi) is 10.5. The summed E-state index contributed by atoms with van der Waals surface area (Å²) in [6.07, 6.45) is 6.28. The lowest BCUT2D eigenvalue weighted by Crippen LogP contribution is -2.51. The number of amides is 2. The van der Waals surface area contributed by atoms with Crippen LogP contribution in [0.15, 0.2) is 42.5 Å². The van der Waals surface area contributed by atoms with Gasteiger partial charge in [-0.2, -0.15) is 0 Å². The minimum absolute atomic E-state index is 0.0238. The quantitative estimate of drug-likeness (QED) is 0.413. The number of benzene rings is 2. The first-order chi connectivity index (χ1) is 19.2. The largest absolute Gasteiger partial charge is 0.489 e. The van der Waals surface area contributed by atoms with Gasteiger partial charge in [0, 0.05) is 49.7 Å². The molecule has 1 saturated heterocycles. The molecule has 1 N–H and O–H groups in total. The van der Waals surface area contributed by atoms with Crippen LogP contribution in [0.4, 0.5) is 0 Å². The molecule has 2 aliphatic rings. The fourth-order valence-corrected chi connectivity index (χ4v) is 5.74. The summed E-state index contributed by atoms with van der Waals surface area (Å²) in [6, 6.07) is 12.7. The number of hydrogen-bond acceptors (Lipinski definition) is 6. The molecule has 2 aromatic rings. The van der Waals surface area contributed by atoms with E-state index in [1.165, 1.54) is 26.4 Å². The normalized spacial score (nSPS) is 17.2. The van der Waals surface area contributed by atoms with Crippen molar-refractivity contribution in [1.82, 2.24) is 15.1 Å². The lowest BCUT2D eigenvalue weighted by molar-refractivity contribution is -0.135. The van der Waals surface area contributed by atoms with Crippen LogP contribution in [0.2, 0.25) is 5.02 Å². The molecular formula is C31H40ClN3O5. The van der Waals surface area contributed by atoms with Gasteiger partial charge in [-0.3, -0.25) is 14.5 Å². The van der Waals surface area contributed by atoms with Crippen LogP contribution in [0.5, 0.6) is 5.75 Å². The molecule has 8 nitrogen and oxygen atoms in total. The number of piperazine rings is 1. The van der Waals surface area contributed by atoms with Crippen molar-refractivity contribution >= 4 is 29.4 Å². The summed E-state index contributed by atoms with van der Waals surface area (Å²) >= 11 is 6.30. The van der Waals surface area contributed by atoms with E-state index in [2.05, 4.69) is 17.1 Å². The highest BCUT2D eigenvalue weighted by Gasteiger charge is 2.30. The molecule has 9 heteroatoms. The van der Waals surface area contributed by atoms with Gasteiger partial charge in [0.15, 0.2) is 0 Å². The smallest absolute Gasteiger partial charge is 0.337 e. The van der Waals surface area contributed by atoms with E-state index in [4.69, 9.17) is 21.1 Å². The van der Waals surface area contributed by atoms with Gasteiger partial charge in [-0.05, 0) is 54.2 Å². The van der Waals surface area contributed by atoms with Gasteiger partial charge in [-0.25, -0.2) is 4.79 Å². The molecule has 2 amide bonds. The lowest BCUT2D eigenvalue weighted by atomic mass is 9.73. The number of carbonyl (C=O) groups excluding carboxylic acids is 3. The number of methoxy groups -OCH3 is 1. The van der Waals surface area contributed by atoms with E-state index in [-0.39, 0.29) is 29.7 Å². The Balaban J connectivity index is 1.23. The fraction of sp³-hybridized carbons (Fsp3) is 0.516. The number of nitrogens with one attached hydrogen (secondary N) is 1. The Morgan fingerprint density at radius 3 is 2.35 bits per heavy atom. The number of esters is 1. The maximum absolute atomic E-state index is 12.8. The van der Waals surface area contributed by atoms with Crippen LogP contribution in [-0.4, -0.2) is 67.4 Å². The van der Waals surface area contributed by atoms with Crippen LogP contribution in [0.1, 0.15) is 66.9 Å². The van der Waals surface area contributed by atoms with E-state index in [9.17, 15) is 14.4 Å². The highest BCUT2D eigenvalue weighted by atomic mass is 35.5. The SMILES string of the molecule is COC(=O)c1ccc(COc2ccc(Cl)cc2CN2CCN(C(=O)CNC(=O)CC3(C)CCCCC3)CC2)cc1. The lowest BCUT2D eigenvalue weighted by Gasteiger charge is -2.35. The molecule has 0 spiro atoms. The average molecular weight is 570 g/mol. The van der Waals surface area contributed by atoms with Crippen LogP contribution >= 0.6 is 11.6 Å². The maximum atomic E-state index is 12.8. The van der Waals surface area contributed by atoms with Gasteiger partial charge in [0.1, 0.15) is 12.4 Å². The van der Waals surface area contributed by atoms with Crippen LogP contribution in [0.3, 0.4) is 0 Å². The predicted octanol–water partition coefficient (Wildman–Crippen LogP) is 4.83. The number of nitrogens with zero attached hydrogens (tertiary/aromatic N) is 2. The molecule has 1 saturated carbocycles. The van der Waals surface area contributed by atoms with Gasteiger partial charge in [-0.15, -0.1) is 0 Å². The van der Waals surface area contributed by atoms with Crippen molar-refractivity contribution in [2.24, 2.45) is 5.41 Å². The Morgan fingerprint density at radius 2 is 1.68 bits per heavy atom. The van der Waals surface area contributed by atoms with Crippen molar-refractivity contribution < 1.29 is 23.9 Å². The molecule has 1 heterocycles. The first-order valence-electron chi connectivity index (χ1n) is 14.1. The molecule has 1 aliphatic carbocycles. The summed E-state index contributed by atoms with van der Waals surface area (Å²) in [7, 11) is 1.36. The summed E-state index contributed by atoms with van der Waals surface area (Å²) in [5.41, 5.74) is 2.46. The number of carbonyl (C=O) groups is 3. The zero-order valence-electron chi connectivity index (χ0n) is 23.5. The first-order valence-corrected chi connectivity index (χ1v) is 14.5. The Labute approximate surface area is 241 Å². The zero-order valence-corrected chi connectivity index (χ0v) is 24.3. The second-order valence-corrected chi connectivity index (χ2v) is 11.6. The van der Waals surface area contributed by atoms with Gasteiger partial charge >= 0.3 is 5.97 Å². The van der Waals surface area contributed by atoms with Crippen LogP contribution < -0.4 is 10.1 Å². The van der Waals surface area contributed by atoms with E-state index < -0.39 is 0 Å². The second-order valence-electron chi connectivity index (χ2n) is 11.2. The van der Waals surface area contributed by atoms with E-state index in [1.54, 1.807) is 18.2 Å². The number of hydrogen-bond donors (Lipinski definition) is 1. The van der Waals surface area contributed by atoms with Gasteiger partial charge in [0.2, 0.25) is 11.8 Å². The second kappa shape index (κ2) is 14.0. The highest BCUT2D eigenvalue weighted by Crippen LogP contribution is 2.38. The Bertz CT molecular complexity index is 1170. The standard InChI is InChI=1S/C31H40ClN3O5/c1-31(12-4-3-5-13-31)19-28(36)33-20-29(37)35-16-14-34(15-17-35)21-25-18-26(32)10-11-27(25)40-22-23-6-8-24(9-7-23)30(38)39-2/h6-11,18H,3-5,12-17,19-22H2,1-2H3,(H,33,36). The van der Waals surface area contributed by atoms with Crippen molar-refractivity contribution in [3.8, 4) is 5.75 Å². The van der Waals surface area contributed by atoms with Gasteiger partial charge in [0.05, 0.1) is 19.2 Å². The van der Waals surface area contributed by atoms with E-state index >= 15 is 0 Å². The number of ether oxygens (including phenoxy) is 2.